The van der Waals surface area contributed by atoms with Gasteiger partial charge in [0, 0.05) is 14.1 Å². The van der Waals surface area contributed by atoms with Gasteiger partial charge in [0.1, 0.15) is 5.75 Å². The molecule has 0 atom stereocenters. The third-order valence-electron chi connectivity index (χ3n) is 3.00. The number of nitrogens with zero attached hydrogens (tertiary/aromatic N) is 4. The summed E-state index contributed by atoms with van der Waals surface area (Å²) in [6.45, 7) is -0.140. The largest absolute Gasteiger partial charge is 0.573 e. The Balaban J connectivity index is 2.16. The molecular formula is C15H16F3N5O3. The van der Waals surface area contributed by atoms with Gasteiger partial charge in [-0.2, -0.15) is 15.0 Å². The Kier molecular flexibility index (Phi) is 5.80. The zero-order valence-corrected chi connectivity index (χ0v) is 14.2. The van der Waals surface area contributed by atoms with Crippen LogP contribution in [0.4, 0.5) is 19.1 Å². The third-order valence-corrected chi connectivity index (χ3v) is 3.00. The first-order chi connectivity index (χ1) is 12.2. The minimum Gasteiger partial charge on any atom is -0.467 e. The highest BCUT2D eigenvalue weighted by Gasteiger charge is 2.32. The second-order valence-corrected chi connectivity index (χ2v) is 5.16. The number of carbonyl (C=O) groups is 1. The minimum absolute atomic E-state index is 0.0498. The Bertz CT molecular complexity index is 783. The summed E-state index contributed by atoms with van der Waals surface area (Å²) >= 11 is 0. The first-order valence-corrected chi connectivity index (χ1v) is 7.29. The molecule has 0 unspecified atom stereocenters. The molecule has 26 heavy (non-hydrogen) atoms. The summed E-state index contributed by atoms with van der Waals surface area (Å²) < 4.78 is 46.1. The van der Waals surface area contributed by atoms with Crippen molar-refractivity contribution in [2.24, 2.45) is 0 Å². The Hall–Kier alpha value is -3.11. The average molecular weight is 371 g/mol. The molecule has 140 valence electrons. The fourth-order valence-corrected chi connectivity index (χ4v) is 1.88. The number of ether oxygens (including phenoxy) is 2. The van der Waals surface area contributed by atoms with Gasteiger partial charge in [0.15, 0.2) is 5.82 Å². The van der Waals surface area contributed by atoms with Crippen molar-refractivity contribution in [2.45, 2.75) is 12.9 Å². The summed E-state index contributed by atoms with van der Waals surface area (Å²) in [5.74, 6) is -0.875. The number of nitrogens with one attached hydrogen (secondary N) is 1. The van der Waals surface area contributed by atoms with Crippen LogP contribution in [0.25, 0.3) is 0 Å². The summed E-state index contributed by atoms with van der Waals surface area (Å²) in [7, 11) is 4.80. The molecule has 0 radical (unpaired) electrons. The van der Waals surface area contributed by atoms with Crippen molar-refractivity contribution < 1.29 is 27.4 Å². The molecule has 0 aliphatic rings. The number of halogens is 3. The number of anilines is 1. The van der Waals surface area contributed by atoms with E-state index in [0.717, 1.165) is 6.07 Å². The molecule has 2 rings (SSSR count). The standard InChI is InChI=1S/C15H16F3N5O3/c1-23(2)13-20-11(21-14(22-13)25-3)8-19-12(24)9-6-4-5-7-10(9)26-15(16,17)18/h4-7H,8H2,1-3H3,(H,19,24). The highest BCUT2D eigenvalue weighted by molar-refractivity contribution is 5.96. The van der Waals surface area contributed by atoms with E-state index in [9.17, 15) is 18.0 Å². The van der Waals surface area contributed by atoms with Gasteiger partial charge in [-0.25, -0.2) is 0 Å². The molecule has 1 amide bonds. The van der Waals surface area contributed by atoms with Gasteiger partial charge in [0.05, 0.1) is 19.2 Å². The van der Waals surface area contributed by atoms with E-state index in [1.807, 2.05) is 0 Å². The molecule has 0 spiro atoms. The number of amides is 1. The Labute approximate surface area is 147 Å². The lowest BCUT2D eigenvalue weighted by Gasteiger charge is -2.14. The Morgan fingerprint density at radius 3 is 2.50 bits per heavy atom. The second kappa shape index (κ2) is 7.85. The van der Waals surface area contributed by atoms with E-state index < -0.39 is 18.0 Å². The maximum absolute atomic E-state index is 12.4. The van der Waals surface area contributed by atoms with E-state index in [0.29, 0.717) is 5.95 Å². The van der Waals surface area contributed by atoms with Crippen molar-refractivity contribution in [1.29, 1.82) is 0 Å². The van der Waals surface area contributed by atoms with Gasteiger partial charge in [-0.1, -0.05) is 12.1 Å². The number of carbonyl (C=O) groups excluding carboxylic acids is 1. The maximum Gasteiger partial charge on any atom is 0.573 e. The van der Waals surface area contributed by atoms with Crippen LogP contribution < -0.4 is 19.7 Å². The summed E-state index contributed by atoms with van der Waals surface area (Å²) in [5.41, 5.74) is -0.265. The van der Waals surface area contributed by atoms with Gasteiger partial charge in [0.25, 0.3) is 5.91 Å². The van der Waals surface area contributed by atoms with Crippen molar-refractivity contribution in [3.05, 3.63) is 35.7 Å². The first kappa shape index (κ1) is 19.2. The Morgan fingerprint density at radius 2 is 1.88 bits per heavy atom. The van der Waals surface area contributed by atoms with Crippen molar-refractivity contribution in [2.75, 3.05) is 26.1 Å². The van der Waals surface area contributed by atoms with Crippen molar-refractivity contribution >= 4 is 11.9 Å². The second-order valence-electron chi connectivity index (χ2n) is 5.16. The topological polar surface area (TPSA) is 89.5 Å². The van der Waals surface area contributed by atoms with Crippen LogP contribution in [0.5, 0.6) is 11.8 Å². The van der Waals surface area contributed by atoms with Gasteiger partial charge in [-0.3, -0.25) is 4.79 Å². The third kappa shape index (κ3) is 5.19. The molecule has 0 bridgehead atoms. The van der Waals surface area contributed by atoms with Crippen LogP contribution in [-0.2, 0) is 6.54 Å². The highest BCUT2D eigenvalue weighted by atomic mass is 19.4. The van der Waals surface area contributed by atoms with Crippen LogP contribution in [0.1, 0.15) is 16.2 Å². The lowest BCUT2D eigenvalue weighted by Crippen LogP contribution is -2.27. The maximum atomic E-state index is 12.4. The zero-order chi connectivity index (χ0) is 19.3. The molecule has 0 saturated heterocycles. The monoisotopic (exact) mass is 371 g/mol. The van der Waals surface area contributed by atoms with Crippen LogP contribution in [-0.4, -0.2) is 48.4 Å². The molecule has 1 heterocycles. The van der Waals surface area contributed by atoms with Crippen LogP contribution >= 0.6 is 0 Å². The number of hydrogen-bond donors (Lipinski definition) is 1. The molecule has 1 aromatic heterocycles. The highest BCUT2D eigenvalue weighted by Crippen LogP contribution is 2.26. The fourth-order valence-electron chi connectivity index (χ4n) is 1.88. The van der Waals surface area contributed by atoms with Gasteiger partial charge < -0.3 is 19.7 Å². The Morgan fingerprint density at radius 1 is 1.19 bits per heavy atom. The van der Waals surface area contributed by atoms with Crippen molar-refractivity contribution in [3.63, 3.8) is 0 Å². The molecule has 0 fully saturated rings. The number of hydrogen-bond acceptors (Lipinski definition) is 7. The number of aromatic nitrogens is 3. The van der Waals surface area contributed by atoms with Gasteiger partial charge in [0.2, 0.25) is 5.95 Å². The van der Waals surface area contributed by atoms with Gasteiger partial charge in [-0.15, -0.1) is 13.2 Å². The predicted molar refractivity (Wildman–Crippen MR) is 85.0 cm³/mol. The van der Waals surface area contributed by atoms with Crippen LogP contribution in [0.2, 0.25) is 0 Å². The molecular weight excluding hydrogens is 355 g/mol. The van der Waals surface area contributed by atoms with E-state index in [2.05, 4.69) is 25.0 Å². The number of benzene rings is 1. The predicted octanol–water partition coefficient (Wildman–Crippen LogP) is 1.77. The quantitative estimate of drug-likeness (QED) is 0.828. The SMILES string of the molecule is COc1nc(CNC(=O)c2ccccc2OC(F)(F)F)nc(N(C)C)n1. The molecule has 0 aliphatic carbocycles. The molecule has 2 aromatic rings. The van der Waals surface area contributed by atoms with Crippen LogP contribution in [0, 0.1) is 0 Å². The summed E-state index contributed by atoms with van der Waals surface area (Å²) in [6, 6.07) is 5.08. The van der Waals surface area contributed by atoms with Crippen LogP contribution in [0.15, 0.2) is 24.3 Å². The molecule has 0 aliphatic heterocycles. The summed E-state index contributed by atoms with van der Waals surface area (Å²) in [6.07, 6.45) is -4.90. The van der Waals surface area contributed by atoms with Crippen molar-refractivity contribution in [3.8, 4) is 11.8 Å². The number of alkyl halides is 3. The van der Waals surface area contributed by atoms with Crippen LogP contribution in [0.3, 0.4) is 0 Å². The normalized spacial score (nSPS) is 11.0. The molecule has 11 heteroatoms. The summed E-state index contributed by atoms with van der Waals surface area (Å²) in [5, 5.41) is 2.45. The van der Waals surface area contributed by atoms with E-state index in [1.165, 1.54) is 25.3 Å². The smallest absolute Gasteiger partial charge is 0.467 e. The average Bonchev–Trinajstić information content (AvgIpc) is 2.58. The van der Waals surface area contributed by atoms with Gasteiger partial charge >= 0.3 is 12.4 Å². The molecule has 0 saturated carbocycles. The first-order valence-electron chi connectivity index (χ1n) is 7.29. The van der Waals surface area contributed by atoms with Gasteiger partial charge in [-0.05, 0) is 12.1 Å². The van der Waals surface area contributed by atoms with Crippen molar-refractivity contribution in [1.82, 2.24) is 20.3 Å². The minimum atomic E-state index is -4.90. The summed E-state index contributed by atoms with van der Waals surface area (Å²) in [4.78, 5) is 26.0. The zero-order valence-electron chi connectivity index (χ0n) is 14.2. The lowest BCUT2D eigenvalue weighted by atomic mass is 10.2. The molecule has 1 aromatic carbocycles. The number of rotatable bonds is 6. The van der Waals surface area contributed by atoms with E-state index in [4.69, 9.17) is 4.74 Å². The molecule has 1 N–H and O–H groups in total. The van der Waals surface area contributed by atoms with E-state index >= 15 is 0 Å². The number of methoxy groups -OCH3 is 1. The molecule has 8 nitrogen and oxygen atoms in total. The fraction of sp³-hybridized carbons (Fsp3) is 0.333. The van der Waals surface area contributed by atoms with E-state index in [1.54, 1.807) is 19.0 Å². The van der Waals surface area contributed by atoms with E-state index in [-0.39, 0.29) is 23.9 Å². The lowest BCUT2D eigenvalue weighted by molar-refractivity contribution is -0.274. The number of para-hydroxylation sites is 1.